The average molecular weight is 351 g/mol. The normalized spacial score (nSPS) is 10.7. The van der Waals surface area contributed by atoms with Gasteiger partial charge in [0.05, 0.1) is 11.4 Å². The highest BCUT2D eigenvalue weighted by atomic mass is 35.5. The minimum atomic E-state index is 0.248. The smallest absolute Gasteiger partial charge is 0.160 e. The van der Waals surface area contributed by atoms with Crippen molar-refractivity contribution in [3.05, 3.63) is 55.2 Å². The van der Waals surface area contributed by atoms with Gasteiger partial charge in [0, 0.05) is 15.6 Å². The lowest BCUT2D eigenvalue weighted by molar-refractivity contribution is 0.306. The zero-order chi connectivity index (χ0) is 14.9. The number of nitrogens with zero attached hydrogens (tertiary/aromatic N) is 1. The van der Waals surface area contributed by atoms with E-state index in [1.807, 2.05) is 0 Å². The summed E-state index contributed by atoms with van der Waals surface area (Å²) in [4.78, 5) is 4.23. The lowest BCUT2D eigenvalue weighted by atomic mass is 10.2. The zero-order valence-electron chi connectivity index (χ0n) is 10.8. The minimum Gasteiger partial charge on any atom is -0.486 e. The standard InChI is InChI=1S/C14H11Cl4NO/c1-7-12(17)14(13(18)8(2)19-7)20-6-9-3-4-10(15)5-11(9)16/h3-5H,6H2,1-2H3. The van der Waals surface area contributed by atoms with Crippen molar-refractivity contribution >= 4 is 46.4 Å². The molecule has 0 aliphatic carbocycles. The minimum absolute atomic E-state index is 0.248. The first kappa shape index (κ1) is 15.7. The molecule has 0 saturated heterocycles. The molecule has 2 rings (SSSR count). The molecule has 6 heteroatoms. The molecule has 0 unspecified atom stereocenters. The molecule has 0 atom stereocenters. The van der Waals surface area contributed by atoms with Crippen molar-refractivity contribution in [1.82, 2.24) is 4.98 Å². The second-order valence-corrected chi connectivity index (χ2v) is 5.86. The molecular formula is C14H11Cl4NO. The molecule has 0 fully saturated rings. The second kappa shape index (κ2) is 6.40. The van der Waals surface area contributed by atoms with Crippen LogP contribution in [-0.4, -0.2) is 4.98 Å². The molecule has 1 aromatic carbocycles. The van der Waals surface area contributed by atoms with E-state index in [4.69, 9.17) is 51.1 Å². The summed E-state index contributed by atoms with van der Waals surface area (Å²) >= 11 is 24.3. The monoisotopic (exact) mass is 349 g/mol. The van der Waals surface area contributed by atoms with Crippen molar-refractivity contribution in [3.63, 3.8) is 0 Å². The quantitative estimate of drug-likeness (QED) is 0.688. The Balaban J connectivity index is 2.27. The van der Waals surface area contributed by atoms with Crippen molar-refractivity contribution in [2.75, 3.05) is 0 Å². The highest BCUT2D eigenvalue weighted by molar-refractivity contribution is 6.37. The number of ether oxygens (including phenoxy) is 1. The largest absolute Gasteiger partial charge is 0.486 e. The Hall–Kier alpha value is -0.670. The third-order valence-electron chi connectivity index (χ3n) is 2.76. The van der Waals surface area contributed by atoms with Crippen LogP contribution in [0.2, 0.25) is 20.1 Å². The Labute approximate surface area is 137 Å². The molecule has 0 saturated carbocycles. The Kier molecular flexibility index (Phi) is 5.03. The van der Waals surface area contributed by atoms with E-state index >= 15 is 0 Å². The van der Waals surface area contributed by atoms with Gasteiger partial charge in [-0.3, -0.25) is 4.98 Å². The van der Waals surface area contributed by atoms with Crippen molar-refractivity contribution in [2.45, 2.75) is 20.5 Å². The molecule has 0 radical (unpaired) electrons. The summed E-state index contributed by atoms with van der Waals surface area (Å²) in [6.07, 6.45) is 0. The van der Waals surface area contributed by atoms with Crippen molar-refractivity contribution < 1.29 is 4.74 Å². The molecule has 0 bridgehead atoms. The highest BCUT2D eigenvalue weighted by Gasteiger charge is 2.15. The van der Waals surface area contributed by atoms with E-state index in [0.29, 0.717) is 37.2 Å². The van der Waals surface area contributed by atoms with E-state index < -0.39 is 0 Å². The first-order chi connectivity index (χ1) is 9.40. The van der Waals surface area contributed by atoms with E-state index in [1.54, 1.807) is 32.0 Å². The number of benzene rings is 1. The van der Waals surface area contributed by atoms with Gasteiger partial charge in [0.15, 0.2) is 5.75 Å². The number of rotatable bonds is 3. The number of pyridine rings is 1. The molecule has 0 aliphatic rings. The molecular weight excluding hydrogens is 340 g/mol. The fraction of sp³-hybridized carbons (Fsp3) is 0.214. The fourth-order valence-electron chi connectivity index (χ4n) is 1.69. The molecule has 0 N–H and O–H groups in total. The molecule has 20 heavy (non-hydrogen) atoms. The second-order valence-electron chi connectivity index (χ2n) is 4.26. The van der Waals surface area contributed by atoms with Crippen LogP contribution in [-0.2, 0) is 6.61 Å². The zero-order valence-corrected chi connectivity index (χ0v) is 13.8. The number of aromatic nitrogens is 1. The van der Waals surface area contributed by atoms with Gasteiger partial charge in [0.1, 0.15) is 16.7 Å². The van der Waals surface area contributed by atoms with E-state index in [0.717, 1.165) is 5.56 Å². The maximum atomic E-state index is 6.18. The van der Waals surface area contributed by atoms with Crippen LogP contribution in [0.15, 0.2) is 18.2 Å². The van der Waals surface area contributed by atoms with Crippen LogP contribution in [0.4, 0.5) is 0 Å². The van der Waals surface area contributed by atoms with Gasteiger partial charge in [-0.15, -0.1) is 0 Å². The number of aryl methyl sites for hydroxylation is 2. The van der Waals surface area contributed by atoms with Crippen molar-refractivity contribution in [2.24, 2.45) is 0 Å². The predicted octanol–water partition coefficient (Wildman–Crippen LogP) is 5.89. The van der Waals surface area contributed by atoms with Gasteiger partial charge in [-0.25, -0.2) is 0 Å². The summed E-state index contributed by atoms with van der Waals surface area (Å²) in [5.41, 5.74) is 2.15. The summed E-state index contributed by atoms with van der Waals surface area (Å²) in [6, 6.07) is 5.21. The van der Waals surface area contributed by atoms with E-state index in [9.17, 15) is 0 Å². The first-order valence-electron chi connectivity index (χ1n) is 5.79. The van der Waals surface area contributed by atoms with Crippen LogP contribution >= 0.6 is 46.4 Å². The van der Waals surface area contributed by atoms with Crippen LogP contribution in [0, 0.1) is 13.8 Å². The highest BCUT2D eigenvalue weighted by Crippen LogP contribution is 2.37. The van der Waals surface area contributed by atoms with Gasteiger partial charge in [0.25, 0.3) is 0 Å². The van der Waals surface area contributed by atoms with E-state index in [2.05, 4.69) is 4.98 Å². The van der Waals surface area contributed by atoms with Crippen LogP contribution in [0.5, 0.6) is 5.75 Å². The van der Waals surface area contributed by atoms with Crippen molar-refractivity contribution in [1.29, 1.82) is 0 Å². The van der Waals surface area contributed by atoms with Crippen molar-refractivity contribution in [3.8, 4) is 5.75 Å². The van der Waals surface area contributed by atoms with Gasteiger partial charge in [-0.2, -0.15) is 0 Å². The lowest BCUT2D eigenvalue weighted by Crippen LogP contribution is -2.01. The number of halogens is 4. The van der Waals surface area contributed by atoms with Crippen LogP contribution in [0.25, 0.3) is 0 Å². The Morgan fingerprint density at radius 2 is 1.60 bits per heavy atom. The van der Waals surface area contributed by atoms with Gasteiger partial charge in [0.2, 0.25) is 0 Å². The van der Waals surface area contributed by atoms with E-state index in [1.165, 1.54) is 0 Å². The molecule has 1 heterocycles. The fourth-order valence-corrected chi connectivity index (χ4v) is 2.58. The predicted molar refractivity (Wildman–Crippen MR) is 84.5 cm³/mol. The summed E-state index contributed by atoms with van der Waals surface area (Å²) < 4.78 is 5.70. The summed E-state index contributed by atoms with van der Waals surface area (Å²) in [5, 5.41) is 1.93. The van der Waals surface area contributed by atoms with Crippen LogP contribution in [0.3, 0.4) is 0 Å². The summed E-state index contributed by atoms with van der Waals surface area (Å²) in [6.45, 7) is 3.85. The molecule has 1 aromatic heterocycles. The Bertz CT molecular complexity index is 632. The Morgan fingerprint density at radius 3 is 2.15 bits per heavy atom. The Morgan fingerprint density at radius 1 is 1.00 bits per heavy atom. The number of hydrogen-bond donors (Lipinski definition) is 0. The van der Waals surface area contributed by atoms with Gasteiger partial charge >= 0.3 is 0 Å². The lowest BCUT2D eigenvalue weighted by Gasteiger charge is -2.13. The third-order valence-corrected chi connectivity index (χ3v) is 4.23. The maximum Gasteiger partial charge on any atom is 0.160 e. The SMILES string of the molecule is Cc1nc(C)c(Cl)c(OCc2ccc(Cl)cc2Cl)c1Cl. The van der Waals surface area contributed by atoms with E-state index in [-0.39, 0.29) is 6.61 Å². The van der Waals surface area contributed by atoms with Crippen LogP contribution < -0.4 is 4.74 Å². The number of hydrogen-bond acceptors (Lipinski definition) is 2. The third kappa shape index (κ3) is 3.32. The molecule has 106 valence electrons. The molecule has 0 amide bonds. The van der Waals surface area contributed by atoms with Crippen LogP contribution in [0.1, 0.15) is 17.0 Å². The molecule has 0 aliphatic heterocycles. The molecule has 0 spiro atoms. The molecule has 2 aromatic rings. The average Bonchev–Trinajstić information content (AvgIpc) is 2.38. The van der Waals surface area contributed by atoms with Gasteiger partial charge < -0.3 is 4.74 Å². The summed E-state index contributed by atoms with van der Waals surface area (Å²) in [5.74, 6) is 0.421. The molecule has 2 nitrogen and oxygen atoms in total. The summed E-state index contributed by atoms with van der Waals surface area (Å²) in [7, 11) is 0. The van der Waals surface area contributed by atoms with Gasteiger partial charge in [-0.1, -0.05) is 52.5 Å². The topological polar surface area (TPSA) is 22.1 Å². The van der Waals surface area contributed by atoms with Gasteiger partial charge in [-0.05, 0) is 26.0 Å². The maximum absolute atomic E-state index is 6.18. The first-order valence-corrected chi connectivity index (χ1v) is 7.30.